The Balaban J connectivity index is 1.72. The molecule has 0 fully saturated rings. The monoisotopic (exact) mass is 439 g/mol. The predicted molar refractivity (Wildman–Crippen MR) is 107 cm³/mol. The van der Waals surface area contributed by atoms with Crippen molar-refractivity contribution in [2.24, 2.45) is 0 Å². The van der Waals surface area contributed by atoms with Crippen molar-refractivity contribution in [3.63, 3.8) is 0 Å². The molecular formula is C19H16F3N3O2S2. The first kappa shape index (κ1) is 21.0. The molecule has 3 aromatic rings. The van der Waals surface area contributed by atoms with Gasteiger partial charge in [0, 0.05) is 22.2 Å². The molecule has 2 aromatic heterocycles. The van der Waals surface area contributed by atoms with E-state index in [-0.39, 0.29) is 11.5 Å². The molecule has 1 aromatic carbocycles. The lowest BCUT2D eigenvalue weighted by Crippen LogP contribution is -2.17. The summed E-state index contributed by atoms with van der Waals surface area (Å²) in [5.41, 5.74) is 0.0205. The van der Waals surface area contributed by atoms with Crippen LogP contribution in [-0.4, -0.2) is 16.8 Å². The summed E-state index contributed by atoms with van der Waals surface area (Å²) in [6.07, 6.45) is -4.45. The number of hydrogen-bond acceptors (Lipinski definition) is 5. The molecule has 0 atom stereocenters. The van der Waals surface area contributed by atoms with E-state index in [1.165, 1.54) is 29.6 Å². The van der Waals surface area contributed by atoms with Gasteiger partial charge in [0.2, 0.25) is 5.91 Å². The zero-order valence-corrected chi connectivity index (χ0v) is 17.0. The van der Waals surface area contributed by atoms with Crippen LogP contribution in [0.15, 0.2) is 36.4 Å². The molecule has 0 saturated heterocycles. The number of aromatic nitrogens is 1. The van der Waals surface area contributed by atoms with E-state index in [4.69, 9.17) is 0 Å². The molecule has 0 aliphatic heterocycles. The van der Waals surface area contributed by atoms with Gasteiger partial charge < -0.3 is 5.32 Å². The van der Waals surface area contributed by atoms with E-state index < -0.39 is 17.6 Å². The van der Waals surface area contributed by atoms with E-state index in [1.807, 2.05) is 19.1 Å². The van der Waals surface area contributed by atoms with Crippen molar-refractivity contribution >= 4 is 39.6 Å². The first-order valence-electron chi connectivity index (χ1n) is 8.43. The van der Waals surface area contributed by atoms with E-state index in [2.05, 4.69) is 15.6 Å². The minimum atomic E-state index is -4.45. The van der Waals surface area contributed by atoms with Crippen LogP contribution in [0.25, 0.3) is 10.6 Å². The van der Waals surface area contributed by atoms with E-state index in [0.717, 1.165) is 44.6 Å². The number of benzene rings is 1. The number of alkyl halides is 3. The van der Waals surface area contributed by atoms with E-state index in [0.29, 0.717) is 11.7 Å². The highest BCUT2D eigenvalue weighted by atomic mass is 32.1. The summed E-state index contributed by atoms with van der Waals surface area (Å²) in [5.74, 6) is -0.644. The highest BCUT2D eigenvalue weighted by molar-refractivity contribution is 7.18. The zero-order valence-electron chi connectivity index (χ0n) is 15.4. The summed E-state index contributed by atoms with van der Waals surface area (Å²) in [7, 11) is 0. The predicted octanol–water partition coefficient (Wildman–Crippen LogP) is 5.09. The van der Waals surface area contributed by atoms with Gasteiger partial charge in [-0.25, -0.2) is 4.98 Å². The van der Waals surface area contributed by atoms with Gasteiger partial charge in [0.1, 0.15) is 0 Å². The summed E-state index contributed by atoms with van der Waals surface area (Å²) in [6.45, 7) is 3.75. The van der Waals surface area contributed by atoms with Gasteiger partial charge in [-0.2, -0.15) is 13.2 Å². The van der Waals surface area contributed by atoms with Gasteiger partial charge in [-0.05, 0) is 43.3 Å². The Hall–Kier alpha value is -2.72. The standard InChI is InChI=1S/C19H16F3N3O2S2/c1-10-16(15-8-7-14(29-15)9-23-11(2)26)24-18(28-10)25-17(27)12-3-5-13(6-4-12)19(20,21)22/h3-8H,9H2,1-2H3,(H,23,26)(H,24,25,27). The van der Waals surface area contributed by atoms with Crippen molar-refractivity contribution in [1.82, 2.24) is 10.3 Å². The molecular weight excluding hydrogens is 423 g/mol. The molecule has 2 amide bonds. The normalized spacial score (nSPS) is 11.3. The number of carbonyl (C=O) groups excluding carboxylic acids is 2. The Bertz CT molecular complexity index is 1040. The number of nitrogens with one attached hydrogen (secondary N) is 2. The number of aryl methyl sites for hydroxylation is 1. The minimum absolute atomic E-state index is 0.112. The molecule has 29 heavy (non-hydrogen) atoms. The maximum atomic E-state index is 12.6. The lowest BCUT2D eigenvalue weighted by atomic mass is 10.1. The molecule has 10 heteroatoms. The quantitative estimate of drug-likeness (QED) is 0.582. The second kappa shape index (κ2) is 8.34. The number of hydrogen-bond donors (Lipinski definition) is 2. The van der Waals surface area contributed by atoms with Crippen LogP contribution in [0.5, 0.6) is 0 Å². The molecule has 0 saturated carbocycles. The van der Waals surface area contributed by atoms with Crippen LogP contribution in [0.2, 0.25) is 0 Å². The third-order valence-corrected chi connectivity index (χ3v) is 5.88. The topological polar surface area (TPSA) is 71.1 Å². The van der Waals surface area contributed by atoms with Gasteiger partial charge in [-0.1, -0.05) is 0 Å². The van der Waals surface area contributed by atoms with Crippen molar-refractivity contribution in [3.05, 3.63) is 57.3 Å². The van der Waals surface area contributed by atoms with Crippen molar-refractivity contribution in [2.75, 3.05) is 5.32 Å². The zero-order chi connectivity index (χ0) is 21.2. The van der Waals surface area contributed by atoms with Crippen LogP contribution in [0, 0.1) is 6.92 Å². The fourth-order valence-electron chi connectivity index (χ4n) is 2.47. The molecule has 0 spiro atoms. The molecule has 5 nitrogen and oxygen atoms in total. The summed E-state index contributed by atoms with van der Waals surface area (Å²) < 4.78 is 37.9. The minimum Gasteiger partial charge on any atom is -0.351 e. The Morgan fingerprint density at radius 1 is 1.07 bits per heavy atom. The number of anilines is 1. The van der Waals surface area contributed by atoms with Gasteiger partial charge in [-0.15, -0.1) is 22.7 Å². The van der Waals surface area contributed by atoms with Gasteiger partial charge in [0.25, 0.3) is 5.91 Å². The molecule has 0 bridgehead atoms. The molecule has 0 unspecified atom stereocenters. The van der Waals surface area contributed by atoms with Crippen molar-refractivity contribution in [2.45, 2.75) is 26.6 Å². The SMILES string of the molecule is CC(=O)NCc1ccc(-c2nc(NC(=O)c3ccc(C(F)(F)F)cc3)sc2C)s1. The van der Waals surface area contributed by atoms with Gasteiger partial charge >= 0.3 is 6.18 Å². The number of carbonyl (C=O) groups is 2. The van der Waals surface area contributed by atoms with Crippen molar-refractivity contribution < 1.29 is 22.8 Å². The molecule has 0 aliphatic carbocycles. The fourth-order valence-corrected chi connectivity index (χ4v) is 4.35. The largest absolute Gasteiger partial charge is 0.416 e. The number of halogens is 3. The first-order chi connectivity index (χ1) is 13.6. The summed E-state index contributed by atoms with van der Waals surface area (Å²) in [6, 6.07) is 7.80. The highest BCUT2D eigenvalue weighted by Crippen LogP contribution is 2.35. The number of thiazole rings is 1. The lowest BCUT2D eigenvalue weighted by molar-refractivity contribution is -0.137. The van der Waals surface area contributed by atoms with Crippen LogP contribution in [0.3, 0.4) is 0 Å². The van der Waals surface area contributed by atoms with Crippen LogP contribution < -0.4 is 10.6 Å². The summed E-state index contributed by atoms with van der Waals surface area (Å²) in [5, 5.41) is 5.72. The molecule has 0 radical (unpaired) electrons. The number of nitrogens with zero attached hydrogens (tertiary/aromatic N) is 1. The molecule has 2 heterocycles. The number of rotatable bonds is 5. The average Bonchev–Trinajstić information content (AvgIpc) is 3.25. The Kier molecular flexibility index (Phi) is 6.04. The van der Waals surface area contributed by atoms with Gasteiger partial charge in [0.15, 0.2) is 5.13 Å². The maximum Gasteiger partial charge on any atom is 0.416 e. The third-order valence-electron chi connectivity index (χ3n) is 3.90. The molecule has 3 rings (SSSR count). The van der Waals surface area contributed by atoms with E-state index in [9.17, 15) is 22.8 Å². The fraction of sp³-hybridized carbons (Fsp3) is 0.211. The molecule has 152 valence electrons. The number of amides is 2. The van der Waals surface area contributed by atoms with Crippen LogP contribution in [0.4, 0.5) is 18.3 Å². The van der Waals surface area contributed by atoms with Crippen molar-refractivity contribution in [3.8, 4) is 10.6 Å². The Labute approximate surface area is 172 Å². The van der Waals surface area contributed by atoms with Crippen LogP contribution in [0.1, 0.15) is 32.6 Å². The van der Waals surface area contributed by atoms with E-state index >= 15 is 0 Å². The summed E-state index contributed by atoms with van der Waals surface area (Å²) >= 11 is 2.77. The van der Waals surface area contributed by atoms with Crippen LogP contribution in [-0.2, 0) is 17.5 Å². The van der Waals surface area contributed by atoms with Crippen molar-refractivity contribution in [1.29, 1.82) is 0 Å². The Morgan fingerprint density at radius 2 is 1.76 bits per heavy atom. The second-order valence-electron chi connectivity index (χ2n) is 6.13. The smallest absolute Gasteiger partial charge is 0.351 e. The third kappa shape index (κ3) is 5.21. The van der Waals surface area contributed by atoms with Crippen LogP contribution >= 0.6 is 22.7 Å². The highest BCUT2D eigenvalue weighted by Gasteiger charge is 2.30. The van der Waals surface area contributed by atoms with E-state index in [1.54, 1.807) is 0 Å². The lowest BCUT2D eigenvalue weighted by Gasteiger charge is -2.07. The van der Waals surface area contributed by atoms with Gasteiger partial charge in [-0.3, -0.25) is 14.9 Å². The molecule has 2 N–H and O–H groups in total. The van der Waals surface area contributed by atoms with Gasteiger partial charge in [0.05, 0.1) is 22.7 Å². The second-order valence-corrected chi connectivity index (χ2v) is 8.50. The average molecular weight is 439 g/mol. The first-order valence-corrected chi connectivity index (χ1v) is 10.1. The summed E-state index contributed by atoms with van der Waals surface area (Å²) in [4.78, 5) is 30.5. The number of thiophene rings is 1. The Morgan fingerprint density at radius 3 is 2.38 bits per heavy atom. The molecule has 0 aliphatic rings. The maximum absolute atomic E-state index is 12.6.